The molecule has 2 aliphatic rings. The Bertz CT molecular complexity index is 332. The molecule has 0 aromatic heterocycles. The Hall–Kier alpha value is -1.14. The summed E-state index contributed by atoms with van der Waals surface area (Å²) in [6.45, 7) is 0.897. The number of carboxylic acid groups (broad SMARTS) is 1. The molecule has 1 aliphatic heterocycles. The second-order valence-corrected chi connectivity index (χ2v) is 4.96. The number of hydrogen-bond donors (Lipinski definition) is 3. The number of nitrogens with two attached hydrogens (primary N) is 1. The van der Waals surface area contributed by atoms with E-state index < -0.39 is 17.0 Å². The SMILES string of the molecule is NC1(C(=O)NC2(C(=O)O)CCC2)CCOCC1. The van der Waals surface area contributed by atoms with E-state index >= 15 is 0 Å². The molecule has 0 spiro atoms. The van der Waals surface area contributed by atoms with Gasteiger partial charge in [0.05, 0.1) is 5.54 Å². The minimum Gasteiger partial charge on any atom is -0.480 e. The van der Waals surface area contributed by atoms with Crippen LogP contribution in [-0.2, 0) is 14.3 Å². The minimum absolute atomic E-state index is 0.358. The largest absolute Gasteiger partial charge is 0.480 e. The van der Waals surface area contributed by atoms with Crippen molar-refractivity contribution in [2.45, 2.75) is 43.2 Å². The van der Waals surface area contributed by atoms with E-state index in [1.165, 1.54) is 0 Å². The zero-order chi connectivity index (χ0) is 12.5. The molecule has 1 heterocycles. The normalized spacial score (nSPS) is 25.7. The van der Waals surface area contributed by atoms with Crippen molar-refractivity contribution in [2.24, 2.45) is 5.73 Å². The summed E-state index contributed by atoms with van der Waals surface area (Å²) in [6, 6.07) is 0. The summed E-state index contributed by atoms with van der Waals surface area (Å²) in [4.78, 5) is 23.2. The number of carbonyl (C=O) groups excluding carboxylic acids is 1. The summed E-state index contributed by atoms with van der Waals surface area (Å²) in [7, 11) is 0. The highest BCUT2D eigenvalue weighted by Crippen LogP contribution is 2.33. The molecule has 96 valence electrons. The molecule has 2 rings (SSSR count). The Balaban J connectivity index is 2.02. The van der Waals surface area contributed by atoms with Gasteiger partial charge in [0.25, 0.3) is 0 Å². The van der Waals surface area contributed by atoms with Gasteiger partial charge in [-0.25, -0.2) is 4.79 Å². The monoisotopic (exact) mass is 242 g/mol. The fourth-order valence-electron chi connectivity index (χ4n) is 2.23. The van der Waals surface area contributed by atoms with Gasteiger partial charge in [-0.05, 0) is 32.1 Å². The van der Waals surface area contributed by atoms with Crippen molar-refractivity contribution in [3.05, 3.63) is 0 Å². The summed E-state index contributed by atoms with van der Waals surface area (Å²) >= 11 is 0. The number of rotatable bonds is 3. The molecule has 1 saturated heterocycles. The van der Waals surface area contributed by atoms with Crippen LogP contribution in [0.2, 0.25) is 0 Å². The van der Waals surface area contributed by atoms with E-state index in [0.717, 1.165) is 6.42 Å². The molecule has 2 fully saturated rings. The molecular formula is C11H18N2O4. The van der Waals surface area contributed by atoms with E-state index in [4.69, 9.17) is 15.6 Å². The van der Waals surface area contributed by atoms with Crippen molar-refractivity contribution in [1.29, 1.82) is 0 Å². The number of ether oxygens (including phenoxy) is 1. The van der Waals surface area contributed by atoms with E-state index in [0.29, 0.717) is 38.9 Å². The van der Waals surface area contributed by atoms with Gasteiger partial charge in [0.1, 0.15) is 5.54 Å². The Labute approximate surface area is 99.5 Å². The molecule has 4 N–H and O–H groups in total. The first-order valence-electron chi connectivity index (χ1n) is 5.91. The highest BCUT2D eigenvalue weighted by atomic mass is 16.5. The molecule has 0 atom stereocenters. The van der Waals surface area contributed by atoms with Gasteiger partial charge in [0.15, 0.2) is 0 Å². The quantitative estimate of drug-likeness (QED) is 0.626. The number of amides is 1. The lowest BCUT2D eigenvalue weighted by Crippen LogP contribution is -2.66. The molecule has 17 heavy (non-hydrogen) atoms. The average Bonchev–Trinajstić information content (AvgIpc) is 2.23. The maximum Gasteiger partial charge on any atom is 0.329 e. The highest BCUT2D eigenvalue weighted by Gasteiger charge is 2.48. The molecule has 0 bridgehead atoms. The van der Waals surface area contributed by atoms with Crippen molar-refractivity contribution in [3.8, 4) is 0 Å². The first kappa shape index (κ1) is 12.3. The van der Waals surface area contributed by atoms with Gasteiger partial charge in [-0.1, -0.05) is 0 Å². The van der Waals surface area contributed by atoms with Gasteiger partial charge < -0.3 is 20.9 Å². The van der Waals surface area contributed by atoms with Crippen LogP contribution in [0.25, 0.3) is 0 Å². The minimum atomic E-state index is -1.08. The fourth-order valence-corrected chi connectivity index (χ4v) is 2.23. The standard InChI is InChI=1S/C11H18N2O4/c12-10(4-6-17-7-5-10)8(14)13-11(9(15)16)2-1-3-11/h1-7,12H2,(H,13,14)(H,15,16). The van der Waals surface area contributed by atoms with E-state index in [-0.39, 0.29) is 5.91 Å². The van der Waals surface area contributed by atoms with Gasteiger partial charge >= 0.3 is 5.97 Å². The summed E-state index contributed by atoms with van der Waals surface area (Å²) in [5, 5.41) is 11.8. The van der Waals surface area contributed by atoms with Gasteiger partial charge in [-0.3, -0.25) is 4.79 Å². The summed E-state index contributed by atoms with van der Waals surface area (Å²) < 4.78 is 5.16. The van der Waals surface area contributed by atoms with Crippen LogP contribution in [0.1, 0.15) is 32.1 Å². The van der Waals surface area contributed by atoms with Crippen molar-refractivity contribution < 1.29 is 19.4 Å². The predicted molar refractivity (Wildman–Crippen MR) is 59.3 cm³/mol. The lowest BCUT2D eigenvalue weighted by molar-refractivity contribution is -0.153. The second kappa shape index (κ2) is 4.27. The zero-order valence-corrected chi connectivity index (χ0v) is 9.70. The van der Waals surface area contributed by atoms with Crippen LogP contribution >= 0.6 is 0 Å². The molecule has 0 unspecified atom stereocenters. The molecule has 0 radical (unpaired) electrons. The topological polar surface area (TPSA) is 102 Å². The number of carbonyl (C=O) groups is 2. The van der Waals surface area contributed by atoms with E-state index in [9.17, 15) is 9.59 Å². The second-order valence-electron chi connectivity index (χ2n) is 4.96. The number of nitrogens with one attached hydrogen (secondary N) is 1. The first-order valence-corrected chi connectivity index (χ1v) is 5.91. The molecule has 1 amide bonds. The third-order valence-corrected chi connectivity index (χ3v) is 3.81. The van der Waals surface area contributed by atoms with Crippen LogP contribution in [0, 0.1) is 0 Å². The molecule has 6 nitrogen and oxygen atoms in total. The van der Waals surface area contributed by atoms with Crippen LogP contribution < -0.4 is 11.1 Å². The Morgan fingerprint density at radius 3 is 2.18 bits per heavy atom. The predicted octanol–water partition coefficient (Wildman–Crippen LogP) is -0.382. The Morgan fingerprint density at radius 2 is 1.76 bits per heavy atom. The van der Waals surface area contributed by atoms with Crippen LogP contribution in [0.15, 0.2) is 0 Å². The molecule has 1 saturated carbocycles. The van der Waals surface area contributed by atoms with Crippen LogP contribution in [-0.4, -0.2) is 41.3 Å². The molecule has 0 aromatic rings. The van der Waals surface area contributed by atoms with Crippen molar-refractivity contribution >= 4 is 11.9 Å². The van der Waals surface area contributed by atoms with Gasteiger partial charge in [0, 0.05) is 13.2 Å². The van der Waals surface area contributed by atoms with E-state index in [2.05, 4.69) is 5.32 Å². The third-order valence-electron chi connectivity index (χ3n) is 3.81. The third kappa shape index (κ3) is 2.14. The summed E-state index contributed by atoms with van der Waals surface area (Å²) in [5.74, 6) is -1.32. The van der Waals surface area contributed by atoms with Crippen LogP contribution in [0.4, 0.5) is 0 Å². The lowest BCUT2D eigenvalue weighted by atomic mass is 9.75. The Kier molecular flexibility index (Phi) is 3.09. The number of hydrogen-bond acceptors (Lipinski definition) is 4. The number of carboxylic acids is 1. The van der Waals surface area contributed by atoms with Crippen LogP contribution in [0.3, 0.4) is 0 Å². The van der Waals surface area contributed by atoms with Crippen molar-refractivity contribution in [3.63, 3.8) is 0 Å². The fraction of sp³-hybridized carbons (Fsp3) is 0.818. The Morgan fingerprint density at radius 1 is 1.18 bits per heavy atom. The highest BCUT2D eigenvalue weighted by molar-refractivity contribution is 5.92. The molecular weight excluding hydrogens is 224 g/mol. The molecule has 1 aliphatic carbocycles. The zero-order valence-electron chi connectivity index (χ0n) is 9.70. The van der Waals surface area contributed by atoms with Crippen LogP contribution in [0.5, 0.6) is 0 Å². The first-order chi connectivity index (χ1) is 7.99. The van der Waals surface area contributed by atoms with Gasteiger partial charge in [-0.2, -0.15) is 0 Å². The van der Waals surface area contributed by atoms with E-state index in [1.54, 1.807) is 0 Å². The lowest BCUT2D eigenvalue weighted by Gasteiger charge is -2.41. The number of aliphatic carboxylic acids is 1. The average molecular weight is 242 g/mol. The van der Waals surface area contributed by atoms with E-state index in [1.807, 2.05) is 0 Å². The summed E-state index contributed by atoms with van der Waals surface area (Å²) in [6.07, 6.45) is 2.68. The van der Waals surface area contributed by atoms with Gasteiger partial charge in [-0.15, -0.1) is 0 Å². The van der Waals surface area contributed by atoms with Crippen molar-refractivity contribution in [1.82, 2.24) is 5.32 Å². The maximum atomic E-state index is 12.1. The maximum absolute atomic E-state index is 12.1. The van der Waals surface area contributed by atoms with Gasteiger partial charge in [0.2, 0.25) is 5.91 Å². The molecule has 6 heteroatoms. The molecule has 0 aromatic carbocycles. The van der Waals surface area contributed by atoms with Crippen molar-refractivity contribution in [2.75, 3.05) is 13.2 Å². The summed E-state index contributed by atoms with van der Waals surface area (Å²) in [5.41, 5.74) is 3.95. The smallest absolute Gasteiger partial charge is 0.329 e.